The number of nitrogens with one attached hydrogen (secondary N) is 1. The van der Waals surface area contributed by atoms with Crippen LogP contribution in [-0.4, -0.2) is 31.6 Å². The van der Waals surface area contributed by atoms with E-state index in [-0.39, 0.29) is 0 Å². The highest BCUT2D eigenvalue weighted by Crippen LogP contribution is 2.17. The second-order valence-corrected chi connectivity index (χ2v) is 6.49. The molecule has 1 aromatic carbocycles. The van der Waals surface area contributed by atoms with Gasteiger partial charge in [0.2, 0.25) is 0 Å². The molecule has 0 spiro atoms. The Hall–Kier alpha value is -0.380. The molecule has 0 fully saturated rings. The van der Waals surface area contributed by atoms with Crippen LogP contribution >= 0.6 is 15.9 Å². The molecule has 0 saturated carbocycles. The lowest BCUT2D eigenvalue weighted by Gasteiger charge is -2.17. The first-order valence-electron chi connectivity index (χ1n) is 7.22. The topological polar surface area (TPSA) is 15.3 Å². The van der Waals surface area contributed by atoms with E-state index in [0.29, 0.717) is 0 Å². The van der Waals surface area contributed by atoms with Gasteiger partial charge >= 0.3 is 0 Å². The molecule has 0 aliphatic heterocycles. The fraction of sp³-hybridized carbons (Fsp3) is 0.625. The largest absolute Gasteiger partial charge is 0.316 e. The van der Waals surface area contributed by atoms with Gasteiger partial charge in [-0.15, -0.1) is 0 Å². The Morgan fingerprint density at radius 1 is 1.21 bits per heavy atom. The van der Waals surface area contributed by atoms with Crippen molar-refractivity contribution in [3.8, 4) is 0 Å². The molecule has 0 amide bonds. The zero-order valence-corrected chi connectivity index (χ0v) is 14.0. The van der Waals surface area contributed by atoms with E-state index in [2.05, 4.69) is 71.3 Å². The van der Waals surface area contributed by atoms with Gasteiger partial charge in [-0.1, -0.05) is 48.0 Å². The van der Waals surface area contributed by atoms with E-state index in [9.17, 15) is 0 Å². The lowest BCUT2D eigenvalue weighted by atomic mass is 10.2. The molecule has 0 aliphatic rings. The number of hydrogen-bond acceptors (Lipinski definition) is 2. The van der Waals surface area contributed by atoms with Crippen LogP contribution < -0.4 is 5.32 Å². The molecule has 2 nitrogen and oxygen atoms in total. The number of rotatable bonds is 9. The summed E-state index contributed by atoms with van der Waals surface area (Å²) in [5.74, 6) is 0.748. The quantitative estimate of drug-likeness (QED) is 0.692. The van der Waals surface area contributed by atoms with Crippen LogP contribution in [0.3, 0.4) is 0 Å². The van der Waals surface area contributed by atoms with Gasteiger partial charge in [0.05, 0.1) is 0 Å². The molecule has 0 radical (unpaired) electrons. The summed E-state index contributed by atoms with van der Waals surface area (Å²) in [4.78, 5) is 2.39. The van der Waals surface area contributed by atoms with E-state index in [1.807, 2.05) is 0 Å². The minimum absolute atomic E-state index is 0.748. The van der Waals surface area contributed by atoms with E-state index < -0.39 is 0 Å². The number of unbranched alkanes of at least 4 members (excludes halogenated alkanes) is 1. The van der Waals surface area contributed by atoms with Crippen LogP contribution in [0.15, 0.2) is 28.7 Å². The van der Waals surface area contributed by atoms with Crippen LogP contribution in [0, 0.1) is 5.92 Å². The Kier molecular flexibility index (Phi) is 8.35. The third kappa shape index (κ3) is 7.71. The normalized spacial score (nSPS) is 11.5. The van der Waals surface area contributed by atoms with E-state index in [0.717, 1.165) is 32.1 Å². The molecule has 0 bridgehead atoms. The van der Waals surface area contributed by atoms with E-state index in [1.165, 1.54) is 22.9 Å². The average molecular weight is 327 g/mol. The fourth-order valence-electron chi connectivity index (χ4n) is 2.02. The summed E-state index contributed by atoms with van der Waals surface area (Å²) in [7, 11) is 2.20. The van der Waals surface area contributed by atoms with Crippen LogP contribution in [0.5, 0.6) is 0 Å². The van der Waals surface area contributed by atoms with E-state index in [1.54, 1.807) is 0 Å². The van der Waals surface area contributed by atoms with Crippen molar-refractivity contribution >= 4 is 15.9 Å². The predicted octanol–water partition coefficient (Wildman–Crippen LogP) is 3.91. The van der Waals surface area contributed by atoms with Gasteiger partial charge in [0.25, 0.3) is 0 Å². The lowest BCUT2D eigenvalue weighted by molar-refractivity contribution is 0.316. The SMILES string of the molecule is CC(C)CNCCCCN(C)Cc1ccccc1Br. The summed E-state index contributed by atoms with van der Waals surface area (Å²) < 4.78 is 1.21. The first-order chi connectivity index (χ1) is 9.09. The molecule has 3 heteroatoms. The molecule has 0 saturated heterocycles. The van der Waals surface area contributed by atoms with Crippen LogP contribution in [-0.2, 0) is 6.54 Å². The average Bonchev–Trinajstić information content (AvgIpc) is 2.36. The number of hydrogen-bond donors (Lipinski definition) is 1. The van der Waals surface area contributed by atoms with Gasteiger partial charge in [0.15, 0.2) is 0 Å². The van der Waals surface area contributed by atoms with E-state index >= 15 is 0 Å². The monoisotopic (exact) mass is 326 g/mol. The molecule has 1 N–H and O–H groups in total. The highest BCUT2D eigenvalue weighted by molar-refractivity contribution is 9.10. The number of halogens is 1. The predicted molar refractivity (Wildman–Crippen MR) is 87.4 cm³/mol. The summed E-state index contributed by atoms with van der Waals surface area (Å²) >= 11 is 3.60. The molecule has 0 aromatic heterocycles. The summed E-state index contributed by atoms with van der Waals surface area (Å²) in [5, 5.41) is 3.49. The Balaban J connectivity index is 2.11. The molecule has 1 aromatic rings. The Morgan fingerprint density at radius 3 is 2.63 bits per heavy atom. The van der Waals surface area contributed by atoms with Gasteiger partial charge < -0.3 is 10.2 Å². The summed E-state index contributed by atoms with van der Waals surface area (Å²) in [6, 6.07) is 8.46. The summed E-state index contributed by atoms with van der Waals surface area (Å²) in [6.45, 7) is 8.94. The van der Waals surface area contributed by atoms with Gasteiger partial charge in [0, 0.05) is 11.0 Å². The lowest BCUT2D eigenvalue weighted by Crippen LogP contribution is -2.23. The maximum Gasteiger partial charge on any atom is 0.0241 e. The maximum atomic E-state index is 3.60. The van der Waals surface area contributed by atoms with Crippen molar-refractivity contribution < 1.29 is 0 Å². The smallest absolute Gasteiger partial charge is 0.0241 e. The van der Waals surface area contributed by atoms with Crippen molar-refractivity contribution in [3.05, 3.63) is 34.3 Å². The highest BCUT2D eigenvalue weighted by atomic mass is 79.9. The molecule has 0 aliphatic carbocycles. The first kappa shape index (κ1) is 16.7. The zero-order valence-electron chi connectivity index (χ0n) is 12.5. The Labute approximate surface area is 126 Å². The third-order valence-corrected chi connectivity index (χ3v) is 3.87. The van der Waals surface area contributed by atoms with Gasteiger partial charge in [-0.3, -0.25) is 0 Å². The van der Waals surface area contributed by atoms with Crippen molar-refractivity contribution in [3.63, 3.8) is 0 Å². The first-order valence-corrected chi connectivity index (χ1v) is 8.01. The van der Waals surface area contributed by atoms with Crippen molar-refractivity contribution in [1.82, 2.24) is 10.2 Å². The molecular weight excluding hydrogens is 300 g/mol. The van der Waals surface area contributed by atoms with Gasteiger partial charge in [-0.2, -0.15) is 0 Å². The molecule has 0 heterocycles. The van der Waals surface area contributed by atoms with Gasteiger partial charge in [0.1, 0.15) is 0 Å². The second-order valence-electron chi connectivity index (χ2n) is 5.63. The summed E-state index contributed by atoms with van der Waals surface area (Å²) in [6.07, 6.45) is 2.51. The van der Waals surface area contributed by atoms with Crippen molar-refractivity contribution in [2.24, 2.45) is 5.92 Å². The molecule has 0 atom stereocenters. The minimum atomic E-state index is 0.748. The van der Waals surface area contributed by atoms with Crippen LogP contribution in [0.1, 0.15) is 32.3 Å². The maximum absolute atomic E-state index is 3.60. The molecular formula is C16H27BrN2. The number of benzene rings is 1. The Morgan fingerprint density at radius 2 is 1.95 bits per heavy atom. The molecule has 1 rings (SSSR count). The van der Waals surface area contributed by atoms with Crippen LogP contribution in [0.25, 0.3) is 0 Å². The highest BCUT2D eigenvalue weighted by Gasteiger charge is 2.03. The minimum Gasteiger partial charge on any atom is -0.316 e. The van der Waals surface area contributed by atoms with Crippen molar-refractivity contribution in [2.75, 3.05) is 26.7 Å². The fourth-order valence-corrected chi connectivity index (χ4v) is 2.43. The summed E-state index contributed by atoms with van der Waals surface area (Å²) in [5.41, 5.74) is 1.36. The third-order valence-electron chi connectivity index (χ3n) is 3.09. The molecule has 0 unspecified atom stereocenters. The standard InChI is InChI=1S/C16H27BrN2/c1-14(2)12-18-10-6-7-11-19(3)13-15-8-4-5-9-16(15)17/h4-5,8-9,14,18H,6-7,10-13H2,1-3H3. The number of nitrogens with zero attached hydrogens (tertiary/aromatic N) is 1. The van der Waals surface area contributed by atoms with Crippen molar-refractivity contribution in [1.29, 1.82) is 0 Å². The zero-order chi connectivity index (χ0) is 14.1. The van der Waals surface area contributed by atoms with Crippen LogP contribution in [0.4, 0.5) is 0 Å². The second kappa shape index (κ2) is 9.51. The van der Waals surface area contributed by atoms with Crippen LogP contribution in [0.2, 0.25) is 0 Å². The van der Waals surface area contributed by atoms with Gasteiger partial charge in [-0.05, 0) is 57.1 Å². The molecule has 19 heavy (non-hydrogen) atoms. The Bertz CT molecular complexity index is 352. The van der Waals surface area contributed by atoms with E-state index in [4.69, 9.17) is 0 Å². The molecule has 108 valence electrons. The van der Waals surface area contributed by atoms with Crippen molar-refractivity contribution in [2.45, 2.75) is 33.2 Å². The van der Waals surface area contributed by atoms with Gasteiger partial charge in [-0.25, -0.2) is 0 Å².